The molecule has 12 nitrogen and oxygen atoms in total. The van der Waals surface area contributed by atoms with Gasteiger partial charge < -0.3 is 46.2 Å². The molecule has 320 valence electrons. The number of carbonyl (C=O) groups excluding carboxylic acids is 2. The van der Waals surface area contributed by atoms with Crippen LogP contribution in [0.4, 0.5) is 5.69 Å². The Hall–Kier alpha value is -4.65. The van der Waals surface area contributed by atoms with Gasteiger partial charge in [-0.25, -0.2) is 4.99 Å². The molecular formula is C46H71N7O5. The Kier molecular flexibility index (Phi) is 19.0. The van der Waals surface area contributed by atoms with Gasteiger partial charge in [-0.2, -0.15) is 0 Å². The highest BCUT2D eigenvalue weighted by molar-refractivity contribution is 5.95. The van der Waals surface area contributed by atoms with E-state index < -0.39 is 6.04 Å². The molecule has 7 N–H and O–H groups in total. The molecule has 3 aromatic rings. The lowest BCUT2D eigenvalue weighted by atomic mass is 9.84. The number of hydrogen-bond donors (Lipinski definition) is 5. The van der Waals surface area contributed by atoms with Gasteiger partial charge in [0.25, 0.3) is 0 Å². The molecule has 1 heterocycles. The molecule has 0 aliphatic heterocycles. The number of carbonyl (C=O) groups is 2. The molecule has 58 heavy (non-hydrogen) atoms. The minimum atomic E-state index is -0.651. The van der Waals surface area contributed by atoms with Crippen molar-refractivity contribution in [1.82, 2.24) is 15.2 Å². The first-order valence-electron chi connectivity index (χ1n) is 20.7. The first-order valence-corrected chi connectivity index (χ1v) is 20.7. The zero-order chi connectivity index (χ0) is 42.9. The van der Waals surface area contributed by atoms with Crippen LogP contribution in [0.2, 0.25) is 0 Å². The smallest absolute Gasteiger partial charge is 0.243 e. The van der Waals surface area contributed by atoms with Gasteiger partial charge in [-0.15, -0.1) is 0 Å². The van der Waals surface area contributed by atoms with E-state index in [1.165, 1.54) is 0 Å². The second kappa shape index (κ2) is 23.1. The van der Waals surface area contributed by atoms with E-state index in [4.69, 9.17) is 30.7 Å². The Balaban J connectivity index is 1.57. The number of aromatic nitrogens is 1. The minimum Gasteiger partial charge on any atom is -0.496 e. The third-order valence-electron chi connectivity index (χ3n) is 9.91. The molecule has 0 fully saturated rings. The third-order valence-corrected chi connectivity index (χ3v) is 9.91. The maximum absolute atomic E-state index is 12.3. The molecule has 2 amide bonds. The topological polar surface area (TPSA) is 167 Å². The van der Waals surface area contributed by atoms with Gasteiger partial charge in [0.2, 0.25) is 11.8 Å². The fraction of sp³-hybridized carbons (Fsp3) is 0.543. The molecule has 1 atom stereocenters. The van der Waals surface area contributed by atoms with Crippen molar-refractivity contribution in [2.45, 2.75) is 112 Å². The largest absolute Gasteiger partial charge is 0.496 e. The summed E-state index contributed by atoms with van der Waals surface area (Å²) in [6.45, 7) is 24.2. The van der Waals surface area contributed by atoms with Gasteiger partial charge in [-0.05, 0) is 59.4 Å². The van der Waals surface area contributed by atoms with E-state index in [-0.39, 0.29) is 35.1 Å². The summed E-state index contributed by atoms with van der Waals surface area (Å²) in [5.41, 5.74) is 15.4. The quantitative estimate of drug-likeness (QED) is 0.0424. The average molecular weight is 802 g/mol. The molecule has 12 heteroatoms. The van der Waals surface area contributed by atoms with Crippen molar-refractivity contribution in [2.75, 3.05) is 45.3 Å². The van der Waals surface area contributed by atoms with Crippen LogP contribution >= 0.6 is 0 Å². The number of ether oxygens (including phenoxy) is 3. The number of amides is 2. The first-order chi connectivity index (χ1) is 27.5. The van der Waals surface area contributed by atoms with Crippen LogP contribution in [-0.2, 0) is 37.6 Å². The van der Waals surface area contributed by atoms with E-state index in [9.17, 15) is 9.59 Å². The highest BCUT2D eigenvalue weighted by atomic mass is 16.5. The summed E-state index contributed by atoms with van der Waals surface area (Å²) in [7, 11) is 1.71. The summed E-state index contributed by atoms with van der Waals surface area (Å²) >= 11 is 0. The third kappa shape index (κ3) is 15.3. The number of nitrogens with zero attached hydrogens (tertiary/aromatic N) is 2. The molecule has 0 radical (unpaired) electrons. The van der Waals surface area contributed by atoms with Crippen molar-refractivity contribution in [3.8, 4) is 5.75 Å². The van der Waals surface area contributed by atoms with Crippen molar-refractivity contribution < 1.29 is 23.8 Å². The van der Waals surface area contributed by atoms with Gasteiger partial charge in [-0.1, -0.05) is 99.1 Å². The number of anilines is 1. The number of unbranched alkanes of at least 4 members (excludes halogenated alkanes) is 2. The van der Waals surface area contributed by atoms with Crippen LogP contribution < -0.4 is 42.7 Å². The van der Waals surface area contributed by atoms with Gasteiger partial charge >= 0.3 is 0 Å². The molecule has 1 aromatic heterocycles. The lowest BCUT2D eigenvalue weighted by Gasteiger charge is -2.30. The van der Waals surface area contributed by atoms with Crippen LogP contribution in [0.25, 0.3) is 12.4 Å². The van der Waals surface area contributed by atoms with Crippen LogP contribution in [0.1, 0.15) is 104 Å². The summed E-state index contributed by atoms with van der Waals surface area (Å²) in [6, 6.07) is 15.2. The summed E-state index contributed by atoms with van der Waals surface area (Å²) in [6.07, 6.45) is 7.05. The van der Waals surface area contributed by atoms with E-state index in [0.717, 1.165) is 77.5 Å². The van der Waals surface area contributed by atoms with Crippen molar-refractivity contribution in [1.29, 1.82) is 0 Å². The van der Waals surface area contributed by atoms with Crippen LogP contribution in [0.15, 0.2) is 59.7 Å². The van der Waals surface area contributed by atoms with Crippen LogP contribution in [0, 0.1) is 11.3 Å². The second-order valence-corrected chi connectivity index (χ2v) is 16.9. The molecule has 0 aliphatic rings. The van der Waals surface area contributed by atoms with Gasteiger partial charge in [0, 0.05) is 41.2 Å². The van der Waals surface area contributed by atoms with Crippen LogP contribution in [0.5, 0.6) is 5.75 Å². The van der Waals surface area contributed by atoms with Crippen molar-refractivity contribution in [2.24, 2.45) is 27.8 Å². The summed E-state index contributed by atoms with van der Waals surface area (Å²) in [4.78, 5) is 29.2. The van der Waals surface area contributed by atoms with E-state index >= 15 is 0 Å². The number of benzene rings is 2. The van der Waals surface area contributed by atoms with E-state index in [1.54, 1.807) is 7.11 Å². The number of aliphatic imine (C=N–C) groups is 1. The number of rotatable bonds is 25. The Morgan fingerprint density at radius 2 is 1.64 bits per heavy atom. The van der Waals surface area contributed by atoms with E-state index in [0.29, 0.717) is 44.5 Å². The monoisotopic (exact) mass is 802 g/mol. The maximum atomic E-state index is 12.3. The normalized spacial score (nSPS) is 13.3. The molecule has 2 aromatic carbocycles. The second-order valence-electron chi connectivity index (χ2n) is 16.9. The fourth-order valence-corrected chi connectivity index (χ4v) is 6.26. The summed E-state index contributed by atoms with van der Waals surface area (Å²) in [5.74, 6) is 1.49. The molecule has 0 saturated carbocycles. The standard InChI is InChI=1S/C46H71N7O5/c1-11-13-14-23-49-43(52-39(47)15-12-2)42-33(5)22-24-53(42)27-35-18-19-36(25-38(35)56-10)46(8,9)31-58-30-45(6,7)29-57-28-34-16-20-37(21-17-34)51-40(54)26-50-44(55)41(48)32(3)4/h16-22,24-25,32,41,49H,5,11-15,23,26-31,48H2,1-4,6-10H3,(H2,47,52)(H,50,55)(H,51,54)/b43-42+. The number of amidine groups is 1. The average Bonchev–Trinajstić information content (AvgIpc) is 3.54. The SMILES string of the molecule is C=c1ccn(Cc2ccc(C(C)(C)COCC(C)(C)COCc3ccc(NC(=O)CNC(=O)C(N)C(C)C)cc3)cc2OC)/c1=C(/N=C(/N)CCC)NCCCCC. The van der Waals surface area contributed by atoms with Crippen LogP contribution in [0.3, 0.4) is 0 Å². The number of hydrogen-bond acceptors (Lipinski definition) is 8. The van der Waals surface area contributed by atoms with Gasteiger partial charge in [0.15, 0.2) is 5.82 Å². The van der Waals surface area contributed by atoms with Gasteiger partial charge in [-0.3, -0.25) is 9.59 Å². The summed E-state index contributed by atoms with van der Waals surface area (Å²) in [5, 5.41) is 10.7. The Morgan fingerprint density at radius 3 is 2.29 bits per heavy atom. The molecule has 0 aliphatic carbocycles. The fourth-order valence-electron chi connectivity index (χ4n) is 6.26. The zero-order valence-corrected chi connectivity index (χ0v) is 36.6. The highest BCUT2D eigenvalue weighted by Gasteiger charge is 2.26. The van der Waals surface area contributed by atoms with Gasteiger partial charge in [0.1, 0.15) is 11.6 Å². The zero-order valence-electron chi connectivity index (χ0n) is 36.6. The van der Waals surface area contributed by atoms with Gasteiger partial charge in [0.05, 0.1) is 58.0 Å². The molecule has 0 spiro atoms. The van der Waals surface area contributed by atoms with E-state index in [1.807, 2.05) is 50.4 Å². The predicted molar refractivity (Wildman–Crippen MR) is 237 cm³/mol. The maximum Gasteiger partial charge on any atom is 0.243 e. The first kappa shape index (κ1) is 47.7. The molecule has 1 unspecified atom stereocenters. The van der Waals surface area contributed by atoms with Crippen molar-refractivity contribution >= 4 is 35.7 Å². The Bertz CT molecular complexity index is 1900. The van der Waals surface area contributed by atoms with Crippen molar-refractivity contribution in [3.63, 3.8) is 0 Å². The lowest BCUT2D eigenvalue weighted by molar-refractivity contribution is -0.125. The molecular weight excluding hydrogens is 731 g/mol. The number of nitrogens with two attached hydrogens (primary N) is 2. The van der Waals surface area contributed by atoms with Crippen LogP contribution in [-0.4, -0.2) is 68.3 Å². The Labute approximate surface area is 346 Å². The predicted octanol–water partition coefficient (Wildman–Crippen LogP) is 5.53. The highest BCUT2D eigenvalue weighted by Crippen LogP contribution is 2.30. The summed E-state index contributed by atoms with van der Waals surface area (Å²) < 4.78 is 20.5. The van der Waals surface area contributed by atoms with Crippen molar-refractivity contribution in [3.05, 3.63) is 82.0 Å². The number of methoxy groups -OCH3 is 1. The molecule has 0 bridgehead atoms. The lowest BCUT2D eigenvalue weighted by Crippen LogP contribution is -2.46. The molecule has 3 rings (SSSR count). The number of nitrogens with one attached hydrogen (secondary N) is 3. The minimum absolute atomic E-state index is 0.0129. The Morgan fingerprint density at radius 1 is 0.931 bits per heavy atom. The van der Waals surface area contributed by atoms with E-state index in [2.05, 4.69) is 86.8 Å². The molecule has 0 saturated heterocycles.